The third-order valence-corrected chi connectivity index (χ3v) is 5.17. The quantitative estimate of drug-likeness (QED) is 0.479. The van der Waals surface area contributed by atoms with Crippen LogP contribution in [0.15, 0.2) is 0 Å². The second-order valence-electron chi connectivity index (χ2n) is 5.61. The predicted molar refractivity (Wildman–Crippen MR) is 91.2 cm³/mol. The van der Waals surface area contributed by atoms with Gasteiger partial charge in [-0.25, -0.2) is 13.1 Å². The predicted octanol–water partition coefficient (Wildman–Crippen LogP) is 1.81. The molecule has 0 bridgehead atoms. The number of nitrogens with zero attached hydrogens (tertiary/aromatic N) is 1. The van der Waals surface area contributed by atoms with E-state index in [1.807, 2.05) is 6.92 Å². The number of hydrogen-bond acceptors (Lipinski definition) is 4. The molecule has 0 aromatic rings. The van der Waals surface area contributed by atoms with Gasteiger partial charge in [0, 0.05) is 6.04 Å². The first kappa shape index (κ1) is 20.8. The molecule has 1 atom stereocenters. The van der Waals surface area contributed by atoms with Crippen LogP contribution in [0.25, 0.3) is 0 Å². The van der Waals surface area contributed by atoms with Crippen LogP contribution < -0.4 is 10.0 Å². The molecule has 1 unspecified atom stereocenters. The van der Waals surface area contributed by atoms with Crippen molar-refractivity contribution < 1.29 is 8.42 Å². The summed E-state index contributed by atoms with van der Waals surface area (Å²) in [7, 11) is -3.13. The maximum atomic E-state index is 11.9. The van der Waals surface area contributed by atoms with E-state index in [0.717, 1.165) is 52.0 Å². The average molecular weight is 322 g/mol. The SMILES string of the molecule is CCCNCCCS(=O)(=O)NC(C)CCCN(CC)CC. The van der Waals surface area contributed by atoms with E-state index < -0.39 is 10.0 Å². The van der Waals surface area contributed by atoms with Crippen molar-refractivity contribution in [2.45, 2.75) is 59.4 Å². The van der Waals surface area contributed by atoms with Gasteiger partial charge >= 0.3 is 0 Å². The molecule has 0 rings (SSSR count). The highest BCUT2D eigenvalue weighted by Gasteiger charge is 2.14. The molecule has 5 nitrogen and oxygen atoms in total. The summed E-state index contributed by atoms with van der Waals surface area (Å²) in [6, 6.07) is 0.0224. The van der Waals surface area contributed by atoms with Crippen molar-refractivity contribution in [3.8, 4) is 0 Å². The molecule has 0 aromatic heterocycles. The van der Waals surface area contributed by atoms with Gasteiger partial charge in [0.2, 0.25) is 10.0 Å². The summed E-state index contributed by atoms with van der Waals surface area (Å²) in [5.74, 6) is 0.212. The van der Waals surface area contributed by atoms with Gasteiger partial charge in [-0.3, -0.25) is 0 Å². The Morgan fingerprint density at radius 1 is 1.05 bits per heavy atom. The van der Waals surface area contributed by atoms with Crippen LogP contribution in [0, 0.1) is 0 Å². The first-order valence-electron chi connectivity index (χ1n) is 8.38. The highest BCUT2D eigenvalue weighted by molar-refractivity contribution is 7.89. The van der Waals surface area contributed by atoms with Crippen molar-refractivity contribution in [1.29, 1.82) is 0 Å². The van der Waals surface area contributed by atoms with E-state index in [1.165, 1.54) is 0 Å². The summed E-state index contributed by atoms with van der Waals surface area (Å²) >= 11 is 0. The van der Waals surface area contributed by atoms with Gasteiger partial charge in [0.15, 0.2) is 0 Å². The lowest BCUT2D eigenvalue weighted by molar-refractivity contribution is 0.293. The van der Waals surface area contributed by atoms with Gasteiger partial charge in [0.25, 0.3) is 0 Å². The van der Waals surface area contributed by atoms with E-state index in [4.69, 9.17) is 0 Å². The normalized spacial score (nSPS) is 13.8. The zero-order valence-electron chi connectivity index (χ0n) is 14.3. The number of rotatable bonds is 14. The molecule has 128 valence electrons. The van der Waals surface area contributed by atoms with Crippen molar-refractivity contribution in [2.75, 3.05) is 38.5 Å². The van der Waals surface area contributed by atoms with Crippen LogP contribution in [-0.4, -0.2) is 57.8 Å². The minimum Gasteiger partial charge on any atom is -0.317 e. The third-order valence-electron chi connectivity index (χ3n) is 3.58. The molecule has 21 heavy (non-hydrogen) atoms. The molecule has 0 saturated heterocycles. The van der Waals surface area contributed by atoms with Crippen molar-refractivity contribution in [1.82, 2.24) is 14.9 Å². The maximum Gasteiger partial charge on any atom is 0.211 e. The lowest BCUT2D eigenvalue weighted by atomic mass is 10.2. The fourth-order valence-corrected chi connectivity index (χ4v) is 3.65. The summed E-state index contributed by atoms with van der Waals surface area (Å²) in [4.78, 5) is 2.36. The van der Waals surface area contributed by atoms with E-state index in [9.17, 15) is 8.42 Å². The lowest BCUT2D eigenvalue weighted by Crippen LogP contribution is -2.36. The zero-order valence-corrected chi connectivity index (χ0v) is 15.1. The van der Waals surface area contributed by atoms with Gasteiger partial charge in [-0.15, -0.1) is 0 Å². The minimum atomic E-state index is -3.13. The Balaban J connectivity index is 3.82. The molecule has 0 heterocycles. The fraction of sp³-hybridized carbons (Fsp3) is 1.00. The van der Waals surface area contributed by atoms with E-state index in [-0.39, 0.29) is 11.8 Å². The standard InChI is InChI=1S/C15H35N3O2S/c1-5-11-16-12-9-14-21(19,20)17-15(4)10-8-13-18(6-2)7-3/h15-17H,5-14H2,1-4H3. The van der Waals surface area contributed by atoms with Gasteiger partial charge < -0.3 is 10.2 Å². The van der Waals surface area contributed by atoms with Crippen LogP contribution >= 0.6 is 0 Å². The van der Waals surface area contributed by atoms with Gasteiger partial charge in [-0.2, -0.15) is 0 Å². The molecule has 0 aromatic carbocycles. The molecule has 0 spiro atoms. The Kier molecular flexibility index (Phi) is 12.3. The van der Waals surface area contributed by atoms with Crippen LogP contribution in [0.2, 0.25) is 0 Å². The number of hydrogen-bond donors (Lipinski definition) is 2. The molecule has 6 heteroatoms. The second kappa shape index (κ2) is 12.4. The van der Waals surface area contributed by atoms with Crippen LogP contribution in [0.3, 0.4) is 0 Å². The topological polar surface area (TPSA) is 61.4 Å². The molecule has 2 N–H and O–H groups in total. The Hall–Kier alpha value is -0.170. The molecule has 0 radical (unpaired) electrons. The van der Waals surface area contributed by atoms with Crippen molar-refractivity contribution >= 4 is 10.0 Å². The third kappa shape index (κ3) is 12.1. The Bertz CT molecular complexity index is 330. The summed E-state index contributed by atoms with van der Waals surface area (Å²) in [5, 5.41) is 3.22. The fourth-order valence-electron chi connectivity index (χ4n) is 2.27. The van der Waals surface area contributed by atoms with Crippen molar-refractivity contribution in [2.24, 2.45) is 0 Å². The molecule has 0 aliphatic carbocycles. The van der Waals surface area contributed by atoms with Gasteiger partial charge in [-0.1, -0.05) is 20.8 Å². The number of nitrogens with one attached hydrogen (secondary N) is 2. The minimum absolute atomic E-state index is 0.0224. The lowest BCUT2D eigenvalue weighted by Gasteiger charge is -2.19. The van der Waals surface area contributed by atoms with Gasteiger partial charge in [0.05, 0.1) is 5.75 Å². The van der Waals surface area contributed by atoms with E-state index in [2.05, 4.69) is 35.7 Å². The van der Waals surface area contributed by atoms with Crippen LogP contribution in [-0.2, 0) is 10.0 Å². The van der Waals surface area contributed by atoms with Crippen LogP contribution in [0.4, 0.5) is 0 Å². The summed E-state index contributed by atoms with van der Waals surface area (Å²) in [5.41, 5.74) is 0. The highest BCUT2D eigenvalue weighted by Crippen LogP contribution is 2.02. The molecular formula is C15H35N3O2S. The smallest absolute Gasteiger partial charge is 0.211 e. The Morgan fingerprint density at radius 2 is 1.71 bits per heavy atom. The molecule has 0 amide bonds. The van der Waals surface area contributed by atoms with Gasteiger partial charge in [0.1, 0.15) is 0 Å². The molecule has 0 fully saturated rings. The molecule has 0 saturated carbocycles. The molecule has 0 aliphatic heterocycles. The van der Waals surface area contributed by atoms with E-state index in [1.54, 1.807) is 0 Å². The zero-order chi connectivity index (χ0) is 16.1. The van der Waals surface area contributed by atoms with E-state index in [0.29, 0.717) is 6.42 Å². The maximum absolute atomic E-state index is 11.9. The Labute approximate surface area is 131 Å². The second-order valence-corrected chi connectivity index (χ2v) is 7.48. The molecular weight excluding hydrogens is 286 g/mol. The number of sulfonamides is 1. The van der Waals surface area contributed by atoms with Crippen LogP contribution in [0.5, 0.6) is 0 Å². The highest BCUT2D eigenvalue weighted by atomic mass is 32.2. The summed E-state index contributed by atoms with van der Waals surface area (Å²) < 4.78 is 26.7. The monoisotopic (exact) mass is 321 g/mol. The summed E-state index contributed by atoms with van der Waals surface area (Å²) in [6.07, 6.45) is 3.67. The van der Waals surface area contributed by atoms with E-state index >= 15 is 0 Å². The van der Waals surface area contributed by atoms with Crippen molar-refractivity contribution in [3.05, 3.63) is 0 Å². The average Bonchev–Trinajstić information content (AvgIpc) is 2.42. The largest absolute Gasteiger partial charge is 0.317 e. The Morgan fingerprint density at radius 3 is 2.29 bits per heavy atom. The summed E-state index contributed by atoms with van der Waals surface area (Å²) in [6.45, 7) is 13.2. The van der Waals surface area contributed by atoms with Crippen LogP contribution in [0.1, 0.15) is 53.4 Å². The van der Waals surface area contributed by atoms with Crippen molar-refractivity contribution in [3.63, 3.8) is 0 Å². The first-order chi connectivity index (χ1) is 9.95. The first-order valence-corrected chi connectivity index (χ1v) is 10.0. The van der Waals surface area contributed by atoms with Gasteiger partial charge in [-0.05, 0) is 65.3 Å². The molecule has 0 aliphatic rings.